The van der Waals surface area contributed by atoms with Gasteiger partial charge in [-0.25, -0.2) is 9.59 Å². The van der Waals surface area contributed by atoms with E-state index < -0.39 is 22.5 Å². The van der Waals surface area contributed by atoms with Gasteiger partial charge in [-0.3, -0.25) is 4.79 Å². The van der Waals surface area contributed by atoms with Crippen LogP contribution in [-0.4, -0.2) is 46.9 Å². The molecule has 0 amide bonds. The minimum Gasteiger partial charge on any atom is -0.462 e. The lowest BCUT2D eigenvalue weighted by Crippen LogP contribution is -2.67. The molecule has 4 aliphatic carbocycles. The number of ether oxygens (including phenoxy) is 3. The molecule has 1 heterocycles. The summed E-state index contributed by atoms with van der Waals surface area (Å²) >= 11 is 5.49. The number of hydrogen-bond acceptors (Lipinski definition) is 7. The van der Waals surface area contributed by atoms with Crippen LogP contribution >= 0.6 is 11.6 Å². The summed E-state index contributed by atoms with van der Waals surface area (Å²) in [4.78, 5) is 35.4. The average molecular weight is 495 g/mol. The van der Waals surface area contributed by atoms with Crippen LogP contribution in [0.5, 0.6) is 0 Å². The number of aliphatic hydroxyl groups is 1. The molecule has 1 aliphatic heterocycles. The van der Waals surface area contributed by atoms with E-state index in [0.717, 1.165) is 44.1 Å². The summed E-state index contributed by atoms with van der Waals surface area (Å²) in [6.45, 7) is 6.04. The zero-order valence-corrected chi connectivity index (χ0v) is 20.9. The van der Waals surface area contributed by atoms with Crippen LogP contribution in [0, 0.1) is 34.5 Å². The molecule has 8 heteroatoms. The van der Waals surface area contributed by atoms with Crippen LogP contribution in [0.15, 0.2) is 11.6 Å². The molecule has 9 atom stereocenters. The summed E-state index contributed by atoms with van der Waals surface area (Å²) in [5, 5.41) is 12.5. The Balaban J connectivity index is 1.50. The summed E-state index contributed by atoms with van der Waals surface area (Å²) in [5.74, 6) is -0.125. The van der Waals surface area contributed by atoms with Crippen molar-refractivity contribution in [3.63, 3.8) is 0 Å². The van der Waals surface area contributed by atoms with E-state index in [4.69, 9.17) is 25.8 Å². The molecular formula is C26H35ClO7. The smallest absolute Gasteiger partial charge is 0.404 e. The summed E-state index contributed by atoms with van der Waals surface area (Å²) < 4.78 is 16.6. The highest BCUT2D eigenvalue weighted by atomic mass is 35.5. The van der Waals surface area contributed by atoms with Gasteiger partial charge in [0, 0.05) is 30.0 Å². The number of rotatable bonds is 3. The fourth-order valence-corrected chi connectivity index (χ4v) is 9.06. The Morgan fingerprint density at radius 2 is 1.85 bits per heavy atom. The molecule has 4 fully saturated rings. The van der Waals surface area contributed by atoms with Gasteiger partial charge >= 0.3 is 17.4 Å². The summed E-state index contributed by atoms with van der Waals surface area (Å²) in [7, 11) is 0. The van der Waals surface area contributed by atoms with E-state index in [1.165, 1.54) is 6.92 Å². The molecule has 5 rings (SSSR count). The average Bonchev–Trinajstić information content (AvgIpc) is 3.29. The van der Waals surface area contributed by atoms with Crippen molar-refractivity contribution in [2.24, 2.45) is 34.5 Å². The second kappa shape index (κ2) is 8.22. The maximum absolute atomic E-state index is 12.5. The van der Waals surface area contributed by atoms with Gasteiger partial charge < -0.3 is 19.3 Å². The van der Waals surface area contributed by atoms with Gasteiger partial charge in [0.25, 0.3) is 0 Å². The zero-order chi connectivity index (χ0) is 24.5. The minimum atomic E-state index is -0.999. The van der Waals surface area contributed by atoms with Crippen LogP contribution in [0.1, 0.15) is 72.1 Å². The Morgan fingerprint density at radius 1 is 1.09 bits per heavy atom. The molecular weight excluding hydrogens is 460 g/mol. The molecule has 4 saturated carbocycles. The number of fused-ring (bicyclic) bond motifs is 5. The highest BCUT2D eigenvalue weighted by Crippen LogP contribution is 2.70. The topological polar surface area (TPSA) is 99.1 Å². The van der Waals surface area contributed by atoms with E-state index in [0.29, 0.717) is 18.8 Å². The molecule has 0 bridgehead atoms. The maximum Gasteiger partial charge on any atom is 0.404 e. The largest absolute Gasteiger partial charge is 0.462 e. The highest BCUT2D eigenvalue weighted by molar-refractivity contribution is 6.61. The van der Waals surface area contributed by atoms with Crippen LogP contribution in [-0.2, 0) is 23.8 Å². The molecule has 4 unspecified atom stereocenters. The highest BCUT2D eigenvalue weighted by Gasteiger charge is 2.72. The summed E-state index contributed by atoms with van der Waals surface area (Å²) in [5.41, 5.74) is -1.57. The number of carbonyl (C=O) groups is 3. The number of esters is 2. The molecule has 34 heavy (non-hydrogen) atoms. The van der Waals surface area contributed by atoms with Gasteiger partial charge in [0.2, 0.25) is 0 Å². The summed E-state index contributed by atoms with van der Waals surface area (Å²) in [6, 6.07) is 0. The molecule has 0 aromatic carbocycles. The van der Waals surface area contributed by atoms with Crippen LogP contribution in [0.3, 0.4) is 0 Å². The van der Waals surface area contributed by atoms with E-state index in [1.807, 2.05) is 0 Å². The fourth-order valence-electron chi connectivity index (χ4n) is 8.93. The first kappa shape index (κ1) is 24.1. The Bertz CT molecular complexity index is 932. The van der Waals surface area contributed by atoms with Crippen molar-refractivity contribution >= 4 is 29.0 Å². The van der Waals surface area contributed by atoms with Crippen molar-refractivity contribution in [3.05, 3.63) is 11.6 Å². The minimum absolute atomic E-state index is 0.0443. The van der Waals surface area contributed by atoms with Crippen molar-refractivity contribution in [2.75, 3.05) is 6.61 Å². The van der Waals surface area contributed by atoms with E-state index in [2.05, 4.69) is 13.8 Å². The number of hydrogen-bond donors (Lipinski definition) is 1. The molecule has 7 nitrogen and oxygen atoms in total. The Morgan fingerprint density at radius 3 is 2.50 bits per heavy atom. The van der Waals surface area contributed by atoms with Gasteiger partial charge in [-0.1, -0.05) is 13.8 Å². The third-order valence-electron chi connectivity index (χ3n) is 10.6. The molecule has 1 N–H and O–H groups in total. The number of halogens is 1. The van der Waals surface area contributed by atoms with E-state index >= 15 is 0 Å². The quantitative estimate of drug-likeness (QED) is 0.349. The molecule has 0 saturated heterocycles. The van der Waals surface area contributed by atoms with Crippen molar-refractivity contribution in [1.29, 1.82) is 0 Å². The molecule has 0 radical (unpaired) electrons. The molecule has 0 aromatic heterocycles. The summed E-state index contributed by atoms with van der Waals surface area (Å²) in [6.07, 6.45) is 7.24. The predicted molar refractivity (Wildman–Crippen MR) is 123 cm³/mol. The van der Waals surface area contributed by atoms with Gasteiger partial charge in [0.05, 0.1) is 5.60 Å². The monoisotopic (exact) mass is 494 g/mol. The van der Waals surface area contributed by atoms with Gasteiger partial charge in [-0.15, -0.1) is 0 Å². The first-order valence-corrected chi connectivity index (χ1v) is 13.0. The third kappa shape index (κ3) is 3.44. The lowest BCUT2D eigenvalue weighted by atomic mass is 9.42. The van der Waals surface area contributed by atoms with E-state index in [9.17, 15) is 19.5 Å². The number of cyclic esters (lactones) is 1. The Kier molecular flexibility index (Phi) is 5.83. The Hall–Kier alpha value is -1.60. The first-order valence-electron chi connectivity index (χ1n) is 12.6. The van der Waals surface area contributed by atoms with Crippen LogP contribution in [0.2, 0.25) is 0 Å². The lowest BCUT2D eigenvalue weighted by molar-refractivity contribution is -0.250. The van der Waals surface area contributed by atoms with Gasteiger partial charge in [-0.2, -0.15) is 0 Å². The molecule has 5 aliphatic rings. The van der Waals surface area contributed by atoms with Crippen molar-refractivity contribution in [2.45, 2.75) is 89.9 Å². The molecule has 0 spiro atoms. The van der Waals surface area contributed by atoms with Crippen LogP contribution < -0.4 is 0 Å². The Labute approximate surface area is 205 Å². The van der Waals surface area contributed by atoms with Crippen LogP contribution in [0.4, 0.5) is 4.79 Å². The normalized spacial score (nSPS) is 47.6. The zero-order valence-electron chi connectivity index (χ0n) is 20.2. The van der Waals surface area contributed by atoms with Gasteiger partial charge in [0.1, 0.15) is 18.8 Å². The van der Waals surface area contributed by atoms with Crippen molar-refractivity contribution < 1.29 is 33.7 Å². The van der Waals surface area contributed by atoms with Crippen molar-refractivity contribution in [3.8, 4) is 0 Å². The van der Waals surface area contributed by atoms with E-state index in [1.54, 1.807) is 6.08 Å². The van der Waals surface area contributed by atoms with Crippen LogP contribution in [0.25, 0.3) is 0 Å². The first-order chi connectivity index (χ1) is 16.0. The molecule has 188 valence electrons. The van der Waals surface area contributed by atoms with E-state index in [-0.39, 0.29) is 47.8 Å². The third-order valence-corrected chi connectivity index (χ3v) is 10.7. The predicted octanol–water partition coefficient (Wildman–Crippen LogP) is 4.53. The van der Waals surface area contributed by atoms with Crippen molar-refractivity contribution in [1.82, 2.24) is 0 Å². The maximum atomic E-state index is 12.5. The second-order valence-electron chi connectivity index (χ2n) is 11.7. The number of carbonyl (C=O) groups excluding carboxylic acids is 3. The fraction of sp³-hybridized carbons (Fsp3) is 0.808. The second-order valence-corrected chi connectivity index (χ2v) is 12.0. The SMILES string of the molecule is CC(=O)OC1C[C@H]2[C@@H](CCC3CC(OC(=O)Cl)CC[C@@]32C)C2(O)CC[C@H](C3=CC(=O)OC3)[C@@]12C. The van der Waals surface area contributed by atoms with Gasteiger partial charge in [-0.05, 0) is 86.0 Å². The standard InChI is InChI=1S/C26H35ClO7/c1-14(28)33-21-12-20-19(5-4-16-11-17(34-23(27)30)6-8-24(16,20)2)26(31)9-7-18(25(21,26)3)15-10-22(29)32-13-15/h10,16-21,31H,4-9,11-13H2,1-3H3/t16?,17?,18-,19-,20+,21?,24+,25+,26?/m1/s1. The lowest BCUT2D eigenvalue weighted by Gasteiger charge is -2.65. The molecule has 0 aromatic rings. The van der Waals surface area contributed by atoms with Gasteiger partial charge in [0.15, 0.2) is 0 Å².